The van der Waals surface area contributed by atoms with Crippen molar-refractivity contribution in [1.29, 1.82) is 0 Å². The topological polar surface area (TPSA) is 70.1 Å². The Morgan fingerprint density at radius 1 is 1.13 bits per heavy atom. The molecule has 2 aliphatic heterocycles. The number of ether oxygens (including phenoxy) is 1. The van der Waals surface area contributed by atoms with Crippen LogP contribution in [0.3, 0.4) is 0 Å². The van der Waals surface area contributed by atoms with Crippen molar-refractivity contribution in [1.82, 2.24) is 4.90 Å². The molecule has 2 aromatic carbocycles. The van der Waals surface area contributed by atoms with Gasteiger partial charge in [0.1, 0.15) is 11.6 Å². The van der Waals surface area contributed by atoms with Crippen LogP contribution in [0.2, 0.25) is 0 Å². The molecule has 162 valence electrons. The summed E-state index contributed by atoms with van der Waals surface area (Å²) < 4.78 is 19.0. The molecule has 6 nitrogen and oxygen atoms in total. The third-order valence-corrected chi connectivity index (χ3v) is 5.81. The Balaban J connectivity index is 1.80. The maximum absolute atomic E-state index is 13.4. The predicted molar refractivity (Wildman–Crippen MR) is 115 cm³/mol. The third-order valence-electron chi connectivity index (χ3n) is 5.81. The number of rotatable bonds is 5. The van der Waals surface area contributed by atoms with E-state index in [1.54, 1.807) is 0 Å². The largest absolute Gasteiger partial charge is 0.507 e. The molecule has 2 unspecified atom stereocenters. The molecule has 2 atom stereocenters. The molecule has 4 rings (SSSR count). The van der Waals surface area contributed by atoms with Crippen molar-refractivity contribution in [3.8, 4) is 0 Å². The fourth-order valence-corrected chi connectivity index (χ4v) is 4.14. The van der Waals surface area contributed by atoms with Crippen LogP contribution in [-0.4, -0.2) is 55.0 Å². The number of anilines is 1. The maximum Gasteiger partial charge on any atom is 0.295 e. The molecular weight excluding hydrogens is 399 g/mol. The van der Waals surface area contributed by atoms with Gasteiger partial charge >= 0.3 is 0 Å². The van der Waals surface area contributed by atoms with Gasteiger partial charge in [-0.15, -0.1) is 0 Å². The normalized spacial score (nSPS) is 22.9. The van der Waals surface area contributed by atoms with Crippen molar-refractivity contribution in [2.24, 2.45) is 0 Å². The number of halogens is 1. The van der Waals surface area contributed by atoms with Gasteiger partial charge in [0.15, 0.2) is 0 Å². The molecule has 7 heteroatoms. The smallest absolute Gasteiger partial charge is 0.295 e. The quantitative estimate of drug-likeness (QED) is 0.452. The average Bonchev–Trinajstić information content (AvgIpc) is 3.36. The van der Waals surface area contributed by atoms with Crippen LogP contribution in [0.5, 0.6) is 0 Å². The highest BCUT2D eigenvalue weighted by atomic mass is 19.1. The highest BCUT2D eigenvalue weighted by Crippen LogP contribution is 2.40. The number of hydrogen-bond acceptors (Lipinski definition) is 5. The highest BCUT2D eigenvalue weighted by Gasteiger charge is 2.47. The summed E-state index contributed by atoms with van der Waals surface area (Å²) in [7, 11) is 3.85. The molecular formula is C24H25FN2O4. The Bertz CT molecular complexity index is 1010. The second kappa shape index (κ2) is 8.51. The summed E-state index contributed by atoms with van der Waals surface area (Å²) in [6.07, 6.45) is 1.58. The zero-order chi connectivity index (χ0) is 22.1. The Morgan fingerprint density at radius 2 is 1.81 bits per heavy atom. The van der Waals surface area contributed by atoms with Crippen molar-refractivity contribution in [2.75, 3.05) is 32.1 Å². The monoisotopic (exact) mass is 424 g/mol. The lowest BCUT2D eigenvalue weighted by atomic mass is 9.95. The molecule has 0 aliphatic carbocycles. The summed E-state index contributed by atoms with van der Waals surface area (Å²) in [5, 5.41) is 11.0. The predicted octanol–water partition coefficient (Wildman–Crippen LogP) is 3.49. The van der Waals surface area contributed by atoms with Crippen LogP contribution in [0.1, 0.15) is 30.0 Å². The zero-order valence-electron chi connectivity index (χ0n) is 17.5. The lowest BCUT2D eigenvalue weighted by Gasteiger charge is -2.28. The van der Waals surface area contributed by atoms with Gasteiger partial charge in [0.25, 0.3) is 11.7 Å². The molecule has 2 saturated heterocycles. The SMILES string of the molecule is CN(C)c1ccc(C2C(=C(O)c3ccc(F)cc3)C(=O)C(=O)N2CC2CCCO2)cc1. The van der Waals surface area contributed by atoms with E-state index in [1.165, 1.54) is 29.2 Å². The summed E-state index contributed by atoms with van der Waals surface area (Å²) in [6, 6.07) is 12.0. The number of benzene rings is 2. The van der Waals surface area contributed by atoms with Crippen molar-refractivity contribution in [2.45, 2.75) is 25.0 Å². The molecule has 0 aromatic heterocycles. The average molecular weight is 424 g/mol. The van der Waals surface area contributed by atoms with Gasteiger partial charge in [-0.25, -0.2) is 4.39 Å². The van der Waals surface area contributed by atoms with E-state index in [0.29, 0.717) is 12.2 Å². The van der Waals surface area contributed by atoms with E-state index in [9.17, 15) is 19.1 Å². The number of hydrogen-bond donors (Lipinski definition) is 1. The van der Waals surface area contributed by atoms with Gasteiger partial charge in [0, 0.05) is 38.5 Å². The number of carbonyl (C=O) groups is 2. The van der Waals surface area contributed by atoms with Crippen molar-refractivity contribution >= 4 is 23.1 Å². The van der Waals surface area contributed by atoms with Crippen LogP contribution in [0, 0.1) is 5.82 Å². The van der Waals surface area contributed by atoms with E-state index in [0.717, 1.165) is 18.5 Å². The number of ketones is 1. The second-order valence-corrected chi connectivity index (χ2v) is 8.08. The van der Waals surface area contributed by atoms with Crippen LogP contribution in [0.15, 0.2) is 54.1 Å². The standard InChI is InChI=1S/C24H25FN2O4/c1-26(2)18-11-7-15(8-12-18)21-20(22(28)16-5-9-17(25)10-6-16)23(29)24(30)27(21)14-19-4-3-13-31-19/h5-12,19,21,28H,3-4,13-14H2,1-2H3. The molecule has 2 aliphatic rings. The van der Waals surface area contributed by atoms with E-state index in [4.69, 9.17) is 4.74 Å². The van der Waals surface area contributed by atoms with Gasteiger partial charge in [0.2, 0.25) is 0 Å². The first kappa shape index (κ1) is 21.1. The molecule has 2 fully saturated rings. The zero-order valence-corrected chi connectivity index (χ0v) is 17.5. The Hall–Kier alpha value is -3.19. The van der Waals surface area contributed by atoms with Crippen LogP contribution in [0.4, 0.5) is 10.1 Å². The molecule has 31 heavy (non-hydrogen) atoms. The maximum atomic E-state index is 13.4. The number of aliphatic hydroxyl groups is 1. The van der Waals surface area contributed by atoms with E-state index >= 15 is 0 Å². The van der Waals surface area contributed by atoms with E-state index in [2.05, 4.69) is 0 Å². The molecule has 0 saturated carbocycles. The summed E-state index contributed by atoms with van der Waals surface area (Å²) in [4.78, 5) is 29.4. The van der Waals surface area contributed by atoms with Gasteiger partial charge in [-0.05, 0) is 54.8 Å². The first-order valence-electron chi connectivity index (χ1n) is 10.3. The highest BCUT2D eigenvalue weighted by molar-refractivity contribution is 6.46. The Morgan fingerprint density at radius 3 is 2.39 bits per heavy atom. The van der Waals surface area contributed by atoms with E-state index < -0.39 is 23.5 Å². The fourth-order valence-electron chi connectivity index (χ4n) is 4.14. The van der Waals surface area contributed by atoms with Crippen molar-refractivity contribution < 1.29 is 23.8 Å². The lowest BCUT2D eigenvalue weighted by Crippen LogP contribution is -2.36. The van der Waals surface area contributed by atoms with Gasteiger partial charge < -0.3 is 19.6 Å². The lowest BCUT2D eigenvalue weighted by molar-refractivity contribution is -0.140. The number of nitrogens with zero attached hydrogens (tertiary/aromatic N) is 2. The van der Waals surface area contributed by atoms with Gasteiger partial charge in [-0.1, -0.05) is 12.1 Å². The molecule has 0 radical (unpaired) electrons. The molecule has 0 spiro atoms. The summed E-state index contributed by atoms with van der Waals surface area (Å²) >= 11 is 0. The van der Waals surface area contributed by atoms with E-state index in [1.807, 2.05) is 43.3 Å². The number of Topliss-reactive ketones (excluding diaryl/α,β-unsaturated/α-hetero) is 1. The second-order valence-electron chi connectivity index (χ2n) is 8.08. The van der Waals surface area contributed by atoms with E-state index in [-0.39, 0.29) is 29.5 Å². The first-order valence-corrected chi connectivity index (χ1v) is 10.3. The van der Waals surface area contributed by atoms with Crippen LogP contribution in [-0.2, 0) is 14.3 Å². The molecule has 0 bridgehead atoms. The number of carbonyl (C=O) groups excluding carboxylic acids is 2. The number of aliphatic hydroxyl groups excluding tert-OH is 1. The minimum atomic E-state index is -0.749. The van der Waals surface area contributed by atoms with Crippen LogP contribution < -0.4 is 4.90 Å². The Kier molecular flexibility index (Phi) is 5.78. The van der Waals surface area contributed by atoms with Gasteiger partial charge in [-0.3, -0.25) is 9.59 Å². The first-order chi connectivity index (χ1) is 14.9. The minimum absolute atomic E-state index is 0.00667. The number of amides is 1. The summed E-state index contributed by atoms with van der Waals surface area (Å²) in [5.41, 5.74) is 1.98. The minimum Gasteiger partial charge on any atom is -0.507 e. The molecule has 2 aromatic rings. The van der Waals surface area contributed by atoms with Gasteiger partial charge in [-0.2, -0.15) is 0 Å². The van der Waals surface area contributed by atoms with Crippen molar-refractivity contribution in [3.05, 3.63) is 71.0 Å². The number of likely N-dealkylation sites (tertiary alicyclic amines) is 1. The van der Waals surface area contributed by atoms with Gasteiger partial charge in [0.05, 0.1) is 17.7 Å². The molecule has 2 heterocycles. The summed E-state index contributed by atoms with van der Waals surface area (Å²) in [6.45, 7) is 0.900. The van der Waals surface area contributed by atoms with Crippen LogP contribution >= 0.6 is 0 Å². The third kappa shape index (κ3) is 4.05. The fraction of sp³-hybridized carbons (Fsp3) is 0.333. The summed E-state index contributed by atoms with van der Waals surface area (Å²) in [5.74, 6) is -2.18. The molecule has 1 N–H and O–H groups in total. The molecule has 1 amide bonds. The van der Waals surface area contributed by atoms with Crippen LogP contribution in [0.25, 0.3) is 5.76 Å². The Labute approximate surface area is 180 Å². The van der Waals surface area contributed by atoms with Crippen molar-refractivity contribution in [3.63, 3.8) is 0 Å².